The van der Waals surface area contributed by atoms with Crippen LogP contribution in [0.2, 0.25) is 0 Å². The Balaban J connectivity index is 1.36. The van der Waals surface area contributed by atoms with Gasteiger partial charge in [-0.05, 0) is 55.2 Å². The van der Waals surface area contributed by atoms with Crippen LogP contribution in [0.4, 0.5) is 5.69 Å². The molecular formula is C19H26N2O3. The van der Waals surface area contributed by atoms with Gasteiger partial charge in [0, 0.05) is 18.7 Å². The summed E-state index contributed by atoms with van der Waals surface area (Å²) in [6.45, 7) is 0.683. The van der Waals surface area contributed by atoms with Gasteiger partial charge in [0.25, 0.3) is 0 Å². The minimum absolute atomic E-state index is 0.0503. The van der Waals surface area contributed by atoms with E-state index in [1.807, 2.05) is 12.1 Å². The van der Waals surface area contributed by atoms with Crippen LogP contribution in [0.3, 0.4) is 0 Å². The Hall–Kier alpha value is -1.88. The molecular weight excluding hydrogens is 304 g/mol. The van der Waals surface area contributed by atoms with Gasteiger partial charge in [0.05, 0.1) is 12.5 Å². The number of nitrogens with one attached hydrogen (secondary N) is 2. The van der Waals surface area contributed by atoms with Gasteiger partial charge in [0.1, 0.15) is 0 Å². The molecule has 0 spiro atoms. The first-order valence-corrected chi connectivity index (χ1v) is 8.96. The van der Waals surface area contributed by atoms with Gasteiger partial charge in [0.2, 0.25) is 11.8 Å². The fourth-order valence-electron chi connectivity index (χ4n) is 3.69. The first-order chi connectivity index (χ1) is 11.6. The number of hydrogen-bond donors (Lipinski definition) is 3. The van der Waals surface area contributed by atoms with E-state index in [9.17, 15) is 14.7 Å². The van der Waals surface area contributed by atoms with E-state index in [0.717, 1.165) is 49.8 Å². The summed E-state index contributed by atoms with van der Waals surface area (Å²) in [5.74, 6) is 0.557. The normalized spacial score (nSPS) is 22.8. The lowest BCUT2D eigenvalue weighted by atomic mass is 9.87. The molecule has 1 saturated carbocycles. The van der Waals surface area contributed by atoms with E-state index in [1.54, 1.807) is 0 Å². The average Bonchev–Trinajstić information content (AvgIpc) is 2.92. The van der Waals surface area contributed by atoms with Crippen molar-refractivity contribution < 1.29 is 14.7 Å². The highest BCUT2D eigenvalue weighted by atomic mass is 16.3. The minimum Gasteiger partial charge on any atom is -0.393 e. The summed E-state index contributed by atoms with van der Waals surface area (Å²) in [6.07, 6.45) is 6.28. The molecule has 0 saturated heterocycles. The van der Waals surface area contributed by atoms with E-state index in [-0.39, 0.29) is 17.9 Å². The lowest BCUT2D eigenvalue weighted by molar-refractivity contribution is -0.121. The van der Waals surface area contributed by atoms with E-state index in [4.69, 9.17) is 0 Å². The Morgan fingerprint density at radius 3 is 3.04 bits per heavy atom. The van der Waals surface area contributed by atoms with Crippen molar-refractivity contribution in [3.8, 4) is 0 Å². The molecule has 3 rings (SSSR count). The Morgan fingerprint density at radius 2 is 2.21 bits per heavy atom. The summed E-state index contributed by atoms with van der Waals surface area (Å²) in [5.41, 5.74) is 3.14. The van der Waals surface area contributed by atoms with Crippen molar-refractivity contribution in [1.82, 2.24) is 5.32 Å². The maximum atomic E-state index is 12.0. The van der Waals surface area contributed by atoms with Crippen molar-refractivity contribution in [2.75, 3.05) is 11.9 Å². The van der Waals surface area contributed by atoms with Gasteiger partial charge in [-0.1, -0.05) is 18.6 Å². The van der Waals surface area contributed by atoms with Crippen molar-refractivity contribution in [2.24, 2.45) is 5.92 Å². The summed E-state index contributed by atoms with van der Waals surface area (Å²) in [7, 11) is 0. The van der Waals surface area contributed by atoms with Crippen LogP contribution in [0.15, 0.2) is 18.2 Å². The summed E-state index contributed by atoms with van der Waals surface area (Å²) < 4.78 is 0. The standard InChI is InChI=1S/C19H26N2O3/c22-16-5-1-4-14(10-16)12-20-18(23)6-2-3-13-7-8-17-15(9-13)11-19(24)21-17/h7-9,14,16,22H,1-6,10-12H2,(H,20,23)(H,21,24). The largest absolute Gasteiger partial charge is 0.393 e. The van der Waals surface area contributed by atoms with Crippen molar-refractivity contribution >= 4 is 17.5 Å². The lowest BCUT2D eigenvalue weighted by Crippen LogP contribution is -2.32. The summed E-state index contributed by atoms with van der Waals surface area (Å²) in [4.78, 5) is 23.3. The lowest BCUT2D eigenvalue weighted by Gasteiger charge is -2.25. The number of aliphatic hydroxyl groups is 1. The van der Waals surface area contributed by atoms with Gasteiger partial charge in [-0.3, -0.25) is 9.59 Å². The highest BCUT2D eigenvalue weighted by molar-refractivity contribution is 5.99. The van der Waals surface area contributed by atoms with E-state index in [2.05, 4.69) is 16.7 Å². The second-order valence-corrected chi connectivity index (χ2v) is 7.06. The molecule has 1 heterocycles. The van der Waals surface area contributed by atoms with Gasteiger partial charge in [-0.25, -0.2) is 0 Å². The maximum Gasteiger partial charge on any atom is 0.228 e. The van der Waals surface area contributed by atoms with Crippen LogP contribution in [-0.2, 0) is 22.4 Å². The quantitative estimate of drug-likeness (QED) is 0.748. The van der Waals surface area contributed by atoms with Gasteiger partial charge < -0.3 is 15.7 Å². The molecule has 130 valence electrons. The second-order valence-electron chi connectivity index (χ2n) is 7.06. The Bertz CT molecular complexity index is 615. The molecule has 2 unspecified atom stereocenters. The second kappa shape index (κ2) is 7.79. The maximum absolute atomic E-state index is 12.0. The number of aliphatic hydroxyl groups excluding tert-OH is 1. The number of aryl methyl sites for hydroxylation is 1. The number of benzene rings is 1. The van der Waals surface area contributed by atoms with Crippen molar-refractivity contribution in [1.29, 1.82) is 0 Å². The van der Waals surface area contributed by atoms with Crippen molar-refractivity contribution in [3.05, 3.63) is 29.3 Å². The molecule has 0 aromatic heterocycles. The zero-order chi connectivity index (χ0) is 16.9. The number of fused-ring (bicyclic) bond motifs is 1. The SMILES string of the molecule is O=C(CCCc1ccc2c(c1)CC(=O)N2)NCC1CCCC(O)C1. The van der Waals surface area contributed by atoms with Crippen LogP contribution in [0, 0.1) is 5.92 Å². The molecule has 2 amide bonds. The summed E-state index contributed by atoms with van der Waals surface area (Å²) in [6, 6.07) is 6.03. The molecule has 1 aromatic carbocycles. The zero-order valence-corrected chi connectivity index (χ0v) is 14.0. The third-order valence-electron chi connectivity index (χ3n) is 5.01. The first-order valence-electron chi connectivity index (χ1n) is 8.96. The molecule has 0 radical (unpaired) electrons. The van der Waals surface area contributed by atoms with Crippen LogP contribution >= 0.6 is 0 Å². The molecule has 24 heavy (non-hydrogen) atoms. The molecule has 5 nitrogen and oxygen atoms in total. The molecule has 1 aromatic rings. The van der Waals surface area contributed by atoms with Crippen LogP contribution < -0.4 is 10.6 Å². The monoisotopic (exact) mass is 330 g/mol. The number of hydrogen-bond acceptors (Lipinski definition) is 3. The van der Waals surface area contributed by atoms with E-state index >= 15 is 0 Å². The molecule has 2 aliphatic rings. The van der Waals surface area contributed by atoms with Crippen LogP contribution in [0.1, 0.15) is 49.7 Å². The third kappa shape index (κ3) is 4.57. The number of anilines is 1. The van der Waals surface area contributed by atoms with E-state index in [0.29, 0.717) is 25.3 Å². The fraction of sp³-hybridized carbons (Fsp3) is 0.579. The Labute approximate surface area is 142 Å². The number of amides is 2. The van der Waals surface area contributed by atoms with Gasteiger partial charge in [0.15, 0.2) is 0 Å². The topological polar surface area (TPSA) is 78.4 Å². The third-order valence-corrected chi connectivity index (χ3v) is 5.01. The molecule has 1 aliphatic heterocycles. The fourth-order valence-corrected chi connectivity index (χ4v) is 3.69. The number of rotatable bonds is 6. The molecule has 1 aliphatic carbocycles. The minimum atomic E-state index is -0.193. The van der Waals surface area contributed by atoms with Crippen molar-refractivity contribution in [2.45, 2.75) is 57.5 Å². The van der Waals surface area contributed by atoms with Gasteiger partial charge in [-0.15, -0.1) is 0 Å². The smallest absolute Gasteiger partial charge is 0.228 e. The first kappa shape index (κ1) is 17.0. The molecule has 1 fully saturated rings. The van der Waals surface area contributed by atoms with Crippen LogP contribution in [-0.4, -0.2) is 29.6 Å². The van der Waals surface area contributed by atoms with Gasteiger partial charge in [-0.2, -0.15) is 0 Å². The summed E-state index contributed by atoms with van der Waals surface area (Å²) >= 11 is 0. The number of carbonyl (C=O) groups excluding carboxylic acids is 2. The summed E-state index contributed by atoms with van der Waals surface area (Å²) in [5, 5.41) is 15.5. The highest BCUT2D eigenvalue weighted by Gasteiger charge is 2.20. The Morgan fingerprint density at radius 1 is 1.33 bits per heavy atom. The molecule has 2 atom stereocenters. The van der Waals surface area contributed by atoms with Crippen LogP contribution in [0.25, 0.3) is 0 Å². The van der Waals surface area contributed by atoms with E-state index < -0.39 is 0 Å². The molecule has 5 heteroatoms. The molecule has 3 N–H and O–H groups in total. The number of carbonyl (C=O) groups is 2. The highest BCUT2D eigenvalue weighted by Crippen LogP contribution is 2.25. The Kier molecular flexibility index (Phi) is 5.51. The average molecular weight is 330 g/mol. The zero-order valence-electron chi connectivity index (χ0n) is 14.0. The van der Waals surface area contributed by atoms with Gasteiger partial charge >= 0.3 is 0 Å². The molecule has 0 bridgehead atoms. The predicted molar refractivity (Wildman–Crippen MR) is 92.7 cm³/mol. The van der Waals surface area contributed by atoms with E-state index in [1.165, 1.54) is 5.56 Å². The predicted octanol–water partition coefficient (Wildman–Crippen LogP) is 2.17. The van der Waals surface area contributed by atoms with Crippen molar-refractivity contribution in [3.63, 3.8) is 0 Å². The van der Waals surface area contributed by atoms with Crippen LogP contribution in [0.5, 0.6) is 0 Å².